The predicted molar refractivity (Wildman–Crippen MR) is 104 cm³/mol. The molecule has 4 heterocycles. The zero-order valence-corrected chi connectivity index (χ0v) is 15.2. The van der Waals surface area contributed by atoms with E-state index in [1.807, 2.05) is 24.4 Å². The molecule has 3 aromatic heterocycles. The van der Waals surface area contributed by atoms with Gasteiger partial charge < -0.3 is 10.3 Å². The summed E-state index contributed by atoms with van der Waals surface area (Å²) in [6.45, 7) is 1.77. The number of anilines is 1. The Morgan fingerprint density at radius 1 is 1.18 bits per heavy atom. The van der Waals surface area contributed by atoms with Gasteiger partial charge in [0, 0.05) is 24.3 Å². The molecular weight excluding hydrogens is 354 g/mol. The number of para-hydroxylation sites is 1. The molecule has 0 amide bonds. The molecule has 2 N–H and O–H groups in total. The molecule has 4 aromatic rings. The average Bonchev–Trinajstić information content (AvgIpc) is 3.38. The molecule has 0 saturated carbocycles. The maximum absolute atomic E-state index is 5.90. The second kappa shape index (κ2) is 6.97. The zero-order chi connectivity index (χ0) is 18.9. The van der Waals surface area contributed by atoms with Gasteiger partial charge in [0.15, 0.2) is 0 Å². The third kappa shape index (κ3) is 3.07. The standard InChI is InChI=1S/C20H19N7O/c21-18-15(10-22-12-24-18)19-25-20(28-26-19)17-6-3-7-27(17)11-13-8-14-4-1-2-5-16(14)23-9-13/h1-2,4-5,8-10,12,17H,3,6-7,11H2,(H2,21,22,24). The molecule has 1 saturated heterocycles. The number of likely N-dealkylation sites (tertiary alicyclic amines) is 1. The van der Waals surface area contributed by atoms with E-state index in [4.69, 9.17) is 10.3 Å². The highest BCUT2D eigenvalue weighted by Gasteiger charge is 2.31. The van der Waals surface area contributed by atoms with Crippen molar-refractivity contribution in [1.29, 1.82) is 0 Å². The molecule has 5 rings (SSSR count). The zero-order valence-electron chi connectivity index (χ0n) is 15.2. The van der Waals surface area contributed by atoms with Gasteiger partial charge in [-0.15, -0.1) is 0 Å². The van der Waals surface area contributed by atoms with Crippen molar-refractivity contribution in [1.82, 2.24) is 30.0 Å². The number of hydrogen-bond donors (Lipinski definition) is 1. The lowest BCUT2D eigenvalue weighted by Gasteiger charge is -2.21. The summed E-state index contributed by atoms with van der Waals surface area (Å²) in [4.78, 5) is 19.5. The van der Waals surface area contributed by atoms with Crippen LogP contribution < -0.4 is 5.73 Å². The quantitative estimate of drug-likeness (QED) is 0.582. The largest absolute Gasteiger partial charge is 0.383 e. The minimum Gasteiger partial charge on any atom is -0.383 e. The fourth-order valence-corrected chi connectivity index (χ4v) is 3.72. The Morgan fingerprint density at radius 2 is 2.11 bits per heavy atom. The molecule has 1 fully saturated rings. The number of aromatic nitrogens is 5. The SMILES string of the molecule is Nc1ncncc1-c1noc(C2CCCN2Cc2cnc3ccccc3c2)n1. The average molecular weight is 373 g/mol. The number of hydrogen-bond acceptors (Lipinski definition) is 8. The first-order valence-corrected chi connectivity index (χ1v) is 9.25. The molecule has 140 valence electrons. The van der Waals surface area contributed by atoms with Crippen LogP contribution in [0.2, 0.25) is 0 Å². The Balaban J connectivity index is 1.39. The molecule has 1 aromatic carbocycles. The first-order valence-electron chi connectivity index (χ1n) is 9.25. The van der Waals surface area contributed by atoms with Crippen LogP contribution in [0.3, 0.4) is 0 Å². The summed E-state index contributed by atoms with van der Waals surface area (Å²) in [6, 6.07) is 10.4. The van der Waals surface area contributed by atoms with E-state index in [1.165, 1.54) is 11.9 Å². The number of rotatable bonds is 4. The number of nitrogens with zero attached hydrogens (tertiary/aromatic N) is 6. The fourth-order valence-electron chi connectivity index (χ4n) is 3.72. The maximum atomic E-state index is 5.90. The lowest BCUT2D eigenvalue weighted by molar-refractivity contribution is 0.201. The Labute approximate surface area is 161 Å². The number of fused-ring (bicyclic) bond motifs is 1. The van der Waals surface area contributed by atoms with E-state index in [-0.39, 0.29) is 6.04 Å². The summed E-state index contributed by atoms with van der Waals surface area (Å²) in [5, 5.41) is 5.24. The second-order valence-corrected chi connectivity index (χ2v) is 6.94. The molecule has 1 unspecified atom stereocenters. The lowest BCUT2D eigenvalue weighted by atomic mass is 10.1. The predicted octanol–water partition coefficient (Wildman–Crippen LogP) is 2.99. The van der Waals surface area contributed by atoms with Gasteiger partial charge in [-0.1, -0.05) is 23.4 Å². The van der Waals surface area contributed by atoms with Crippen LogP contribution in [-0.2, 0) is 6.54 Å². The van der Waals surface area contributed by atoms with E-state index in [9.17, 15) is 0 Å². The summed E-state index contributed by atoms with van der Waals surface area (Å²) in [5.41, 5.74) is 8.66. The van der Waals surface area contributed by atoms with Gasteiger partial charge in [0.2, 0.25) is 11.7 Å². The summed E-state index contributed by atoms with van der Waals surface area (Å²) in [5.74, 6) is 1.37. The van der Waals surface area contributed by atoms with Gasteiger partial charge in [0.25, 0.3) is 0 Å². The van der Waals surface area contributed by atoms with Crippen LogP contribution >= 0.6 is 0 Å². The van der Waals surface area contributed by atoms with Crippen LogP contribution in [0, 0.1) is 0 Å². The molecule has 0 bridgehead atoms. The normalized spacial score (nSPS) is 17.4. The van der Waals surface area contributed by atoms with Gasteiger partial charge in [-0.3, -0.25) is 9.88 Å². The Morgan fingerprint density at radius 3 is 3.04 bits per heavy atom. The van der Waals surface area contributed by atoms with Crippen LogP contribution in [0.25, 0.3) is 22.3 Å². The van der Waals surface area contributed by atoms with Crippen LogP contribution in [0.1, 0.15) is 30.3 Å². The number of pyridine rings is 1. The topological polar surface area (TPSA) is 107 Å². The maximum Gasteiger partial charge on any atom is 0.244 e. The van der Waals surface area contributed by atoms with E-state index in [0.29, 0.717) is 23.1 Å². The van der Waals surface area contributed by atoms with E-state index < -0.39 is 0 Å². The Hall–Kier alpha value is -3.39. The molecule has 0 aliphatic carbocycles. The van der Waals surface area contributed by atoms with Crippen molar-refractivity contribution in [2.75, 3.05) is 12.3 Å². The monoisotopic (exact) mass is 373 g/mol. The van der Waals surface area contributed by atoms with Gasteiger partial charge in [0.1, 0.15) is 12.1 Å². The van der Waals surface area contributed by atoms with Crippen LogP contribution in [-0.4, -0.2) is 36.5 Å². The number of nitrogens with two attached hydrogens (primary N) is 1. The van der Waals surface area contributed by atoms with Crippen molar-refractivity contribution >= 4 is 16.7 Å². The van der Waals surface area contributed by atoms with E-state index in [0.717, 1.165) is 36.8 Å². The van der Waals surface area contributed by atoms with E-state index >= 15 is 0 Å². The molecule has 28 heavy (non-hydrogen) atoms. The van der Waals surface area contributed by atoms with Crippen LogP contribution in [0.15, 0.2) is 53.6 Å². The summed E-state index contributed by atoms with van der Waals surface area (Å²) < 4.78 is 5.57. The molecule has 1 aliphatic rings. The molecular formula is C20H19N7O. The number of nitrogen functional groups attached to an aromatic ring is 1. The van der Waals surface area contributed by atoms with Crippen molar-refractivity contribution in [2.24, 2.45) is 0 Å². The molecule has 1 atom stereocenters. The summed E-state index contributed by atoms with van der Waals surface area (Å²) in [6.07, 6.45) is 7.00. The minimum absolute atomic E-state index is 0.0820. The van der Waals surface area contributed by atoms with Gasteiger partial charge in [-0.05, 0) is 37.1 Å². The third-order valence-corrected chi connectivity index (χ3v) is 5.11. The number of benzene rings is 1. The van der Waals surface area contributed by atoms with Crippen molar-refractivity contribution in [3.8, 4) is 11.4 Å². The molecule has 0 spiro atoms. The highest BCUT2D eigenvalue weighted by Crippen LogP contribution is 2.33. The molecule has 1 aliphatic heterocycles. The summed E-state index contributed by atoms with van der Waals surface area (Å²) in [7, 11) is 0. The molecule has 0 radical (unpaired) electrons. The van der Waals surface area contributed by atoms with Gasteiger partial charge in [-0.2, -0.15) is 4.98 Å². The van der Waals surface area contributed by atoms with Gasteiger partial charge in [-0.25, -0.2) is 9.97 Å². The van der Waals surface area contributed by atoms with E-state index in [2.05, 4.69) is 42.1 Å². The third-order valence-electron chi connectivity index (χ3n) is 5.11. The van der Waals surface area contributed by atoms with Gasteiger partial charge >= 0.3 is 0 Å². The first-order chi connectivity index (χ1) is 13.8. The minimum atomic E-state index is 0.0820. The first kappa shape index (κ1) is 16.8. The molecule has 8 heteroatoms. The van der Waals surface area contributed by atoms with Gasteiger partial charge in [0.05, 0.1) is 17.1 Å². The second-order valence-electron chi connectivity index (χ2n) is 6.94. The van der Waals surface area contributed by atoms with E-state index in [1.54, 1.807) is 6.20 Å². The van der Waals surface area contributed by atoms with Crippen molar-refractivity contribution in [3.63, 3.8) is 0 Å². The van der Waals surface area contributed by atoms with Crippen LogP contribution in [0.4, 0.5) is 5.82 Å². The smallest absolute Gasteiger partial charge is 0.244 e. The van der Waals surface area contributed by atoms with Crippen molar-refractivity contribution < 1.29 is 4.52 Å². The van der Waals surface area contributed by atoms with Crippen molar-refractivity contribution in [2.45, 2.75) is 25.4 Å². The lowest BCUT2D eigenvalue weighted by Crippen LogP contribution is -2.23. The van der Waals surface area contributed by atoms with Crippen molar-refractivity contribution in [3.05, 3.63) is 60.5 Å². The summed E-state index contributed by atoms with van der Waals surface area (Å²) >= 11 is 0. The highest BCUT2D eigenvalue weighted by atomic mass is 16.5. The molecule has 8 nitrogen and oxygen atoms in total. The highest BCUT2D eigenvalue weighted by molar-refractivity contribution is 5.78. The van der Waals surface area contributed by atoms with Crippen LogP contribution in [0.5, 0.6) is 0 Å². The fraction of sp³-hybridized carbons (Fsp3) is 0.250. The Bertz CT molecular complexity index is 1130. The Kier molecular flexibility index (Phi) is 4.17.